The van der Waals surface area contributed by atoms with Gasteiger partial charge in [-0.05, 0) is 16.8 Å². The molecule has 0 aliphatic rings. The van der Waals surface area contributed by atoms with E-state index >= 15 is 0 Å². The summed E-state index contributed by atoms with van der Waals surface area (Å²) in [6, 6.07) is 16.7. The number of aromatic amines is 1. The Balaban J connectivity index is 0.000000320. The van der Waals surface area contributed by atoms with E-state index in [0.717, 1.165) is 11.1 Å². The Morgan fingerprint density at radius 1 is 1.11 bits per heavy atom. The summed E-state index contributed by atoms with van der Waals surface area (Å²) in [6.45, 7) is 0. The summed E-state index contributed by atoms with van der Waals surface area (Å²) in [4.78, 5) is 28.3. The molecule has 4 N–H and O–H groups in total. The Labute approximate surface area is 160 Å². The van der Waals surface area contributed by atoms with Gasteiger partial charge in [0.05, 0.1) is 19.0 Å². The third-order valence-electron chi connectivity index (χ3n) is 3.88. The molecule has 0 saturated heterocycles. The van der Waals surface area contributed by atoms with Crippen LogP contribution < -0.4 is 11.1 Å². The van der Waals surface area contributed by atoms with E-state index in [2.05, 4.69) is 25.7 Å². The van der Waals surface area contributed by atoms with E-state index < -0.39 is 5.91 Å². The molecule has 2 heterocycles. The molecule has 2 amide bonds. The molecule has 2 aromatic carbocycles. The summed E-state index contributed by atoms with van der Waals surface area (Å²) < 4.78 is 0. The van der Waals surface area contributed by atoms with Gasteiger partial charge in [-0.2, -0.15) is 4.80 Å². The highest BCUT2D eigenvalue weighted by molar-refractivity contribution is 6.13. The van der Waals surface area contributed by atoms with Crippen LogP contribution >= 0.6 is 0 Å². The first-order valence-corrected chi connectivity index (χ1v) is 8.46. The van der Waals surface area contributed by atoms with Crippen molar-refractivity contribution in [3.8, 4) is 0 Å². The minimum Gasteiger partial charge on any atom is -0.365 e. The van der Waals surface area contributed by atoms with Gasteiger partial charge >= 0.3 is 0 Å². The molecule has 0 fully saturated rings. The molecule has 0 unspecified atom stereocenters. The zero-order valence-corrected chi connectivity index (χ0v) is 15.2. The number of nitrogens with zero attached hydrogens (tertiary/aromatic N) is 4. The molecule has 4 rings (SSSR count). The number of tetrazole rings is 1. The van der Waals surface area contributed by atoms with Crippen molar-refractivity contribution in [2.75, 3.05) is 5.32 Å². The Bertz CT molecular complexity index is 1070. The largest absolute Gasteiger partial charge is 0.365 e. The number of nitrogens with one attached hydrogen (secondary N) is 2. The topological polar surface area (TPSA) is 132 Å². The van der Waals surface area contributed by atoms with Gasteiger partial charge in [-0.1, -0.05) is 48.5 Å². The van der Waals surface area contributed by atoms with E-state index in [1.807, 2.05) is 48.5 Å². The van der Waals surface area contributed by atoms with Gasteiger partial charge in [-0.15, -0.1) is 10.2 Å². The van der Waals surface area contributed by atoms with Gasteiger partial charge in [-0.25, -0.2) is 0 Å². The number of benzene rings is 2. The van der Waals surface area contributed by atoms with Gasteiger partial charge in [-0.3, -0.25) is 9.59 Å². The van der Waals surface area contributed by atoms with Crippen LogP contribution in [0, 0.1) is 0 Å². The summed E-state index contributed by atoms with van der Waals surface area (Å²) >= 11 is 0. The molecule has 28 heavy (non-hydrogen) atoms. The van der Waals surface area contributed by atoms with Crippen LogP contribution in [0.25, 0.3) is 10.9 Å². The Morgan fingerprint density at radius 2 is 1.82 bits per heavy atom. The number of anilines is 1. The molecule has 2 aromatic heterocycles. The molecule has 0 saturated carbocycles. The number of nitrogens with two attached hydrogens (primary N) is 1. The molecular formula is C19H19N7O2. The molecule has 0 spiro atoms. The highest BCUT2D eigenvalue weighted by atomic mass is 16.2. The predicted octanol–water partition coefficient (Wildman–Crippen LogP) is 1.66. The normalized spacial score (nSPS) is 10.2. The molecule has 9 heteroatoms. The summed E-state index contributed by atoms with van der Waals surface area (Å²) in [5.74, 6) is -0.442. The fraction of sp³-hybridized carbons (Fsp3) is 0.105. The van der Waals surface area contributed by atoms with Crippen LogP contribution in [0.15, 0.2) is 60.9 Å². The lowest BCUT2D eigenvalue weighted by atomic mass is 10.1. The van der Waals surface area contributed by atoms with Crippen LogP contribution in [-0.4, -0.2) is 37.0 Å². The second kappa shape index (κ2) is 8.58. The first-order chi connectivity index (χ1) is 13.5. The van der Waals surface area contributed by atoms with Crippen molar-refractivity contribution < 1.29 is 9.59 Å². The van der Waals surface area contributed by atoms with Crippen molar-refractivity contribution in [2.24, 2.45) is 12.8 Å². The van der Waals surface area contributed by atoms with Crippen LogP contribution in [0.4, 0.5) is 5.82 Å². The summed E-state index contributed by atoms with van der Waals surface area (Å²) in [5, 5.41) is 13.9. The zero-order chi connectivity index (χ0) is 19.9. The van der Waals surface area contributed by atoms with Crippen LogP contribution in [0.5, 0.6) is 0 Å². The molecule has 0 aliphatic carbocycles. The van der Waals surface area contributed by atoms with Gasteiger partial charge < -0.3 is 16.0 Å². The fourth-order valence-corrected chi connectivity index (χ4v) is 2.68. The van der Waals surface area contributed by atoms with E-state index in [4.69, 9.17) is 5.73 Å². The van der Waals surface area contributed by atoms with Gasteiger partial charge in [0.15, 0.2) is 6.33 Å². The number of para-hydroxylation sites is 1. The highest BCUT2D eigenvalue weighted by Crippen LogP contribution is 2.25. The van der Waals surface area contributed by atoms with E-state index in [-0.39, 0.29) is 12.3 Å². The SMILES string of the molecule is Cn1ncnn1.NC(=O)c1c(NC(=O)Cc2ccccc2)[nH]c2ccccc12. The van der Waals surface area contributed by atoms with E-state index in [9.17, 15) is 9.59 Å². The van der Waals surface area contributed by atoms with E-state index in [1.54, 1.807) is 13.1 Å². The summed E-state index contributed by atoms with van der Waals surface area (Å²) in [6.07, 6.45) is 1.62. The third-order valence-corrected chi connectivity index (χ3v) is 3.88. The second-order valence-electron chi connectivity index (χ2n) is 5.92. The Kier molecular flexibility index (Phi) is 5.75. The highest BCUT2D eigenvalue weighted by Gasteiger charge is 2.17. The van der Waals surface area contributed by atoms with Crippen LogP contribution in [0.3, 0.4) is 0 Å². The standard InChI is InChI=1S/C17H15N3O2.C2H4N4/c18-16(22)15-12-8-4-5-9-13(12)19-17(15)20-14(21)10-11-6-2-1-3-7-11;1-6-4-2-3-5-6/h1-9,19H,10H2,(H2,18,22)(H,20,21);2H,1H3. The van der Waals surface area contributed by atoms with Crippen LogP contribution in [0.1, 0.15) is 15.9 Å². The van der Waals surface area contributed by atoms with Crippen LogP contribution in [-0.2, 0) is 18.3 Å². The number of aryl methyl sites for hydroxylation is 1. The van der Waals surface area contributed by atoms with E-state index in [0.29, 0.717) is 16.8 Å². The number of carbonyl (C=O) groups is 2. The minimum absolute atomic E-state index is 0.208. The van der Waals surface area contributed by atoms with Crippen molar-refractivity contribution in [3.05, 3.63) is 72.1 Å². The monoisotopic (exact) mass is 377 g/mol. The summed E-state index contributed by atoms with van der Waals surface area (Å²) in [5.41, 5.74) is 7.40. The zero-order valence-electron chi connectivity index (χ0n) is 15.2. The molecule has 9 nitrogen and oxygen atoms in total. The first-order valence-electron chi connectivity index (χ1n) is 8.46. The number of H-pyrrole nitrogens is 1. The van der Waals surface area contributed by atoms with Gasteiger partial charge in [0.1, 0.15) is 5.82 Å². The third kappa shape index (κ3) is 4.58. The van der Waals surface area contributed by atoms with Gasteiger partial charge in [0, 0.05) is 10.9 Å². The van der Waals surface area contributed by atoms with Crippen molar-refractivity contribution >= 4 is 28.5 Å². The van der Waals surface area contributed by atoms with Crippen LogP contribution in [0.2, 0.25) is 0 Å². The molecule has 0 aliphatic heterocycles. The number of amides is 2. The number of fused-ring (bicyclic) bond motifs is 1. The quantitative estimate of drug-likeness (QED) is 0.498. The van der Waals surface area contributed by atoms with Crippen molar-refractivity contribution in [3.63, 3.8) is 0 Å². The van der Waals surface area contributed by atoms with Crippen molar-refractivity contribution in [1.29, 1.82) is 0 Å². The van der Waals surface area contributed by atoms with Crippen molar-refractivity contribution in [2.45, 2.75) is 6.42 Å². The van der Waals surface area contributed by atoms with Crippen molar-refractivity contribution in [1.82, 2.24) is 25.2 Å². The lowest BCUT2D eigenvalue weighted by Crippen LogP contribution is -2.19. The lowest BCUT2D eigenvalue weighted by molar-refractivity contribution is -0.115. The number of hydrogen-bond acceptors (Lipinski definition) is 5. The molecule has 4 aromatic rings. The average Bonchev–Trinajstić information content (AvgIpc) is 3.29. The number of rotatable bonds is 4. The summed E-state index contributed by atoms with van der Waals surface area (Å²) in [7, 11) is 1.72. The lowest BCUT2D eigenvalue weighted by Gasteiger charge is -2.05. The fourth-order valence-electron chi connectivity index (χ4n) is 2.68. The molecule has 0 bridgehead atoms. The molecule has 0 radical (unpaired) electrons. The molecular weight excluding hydrogens is 358 g/mol. The smallest absolute Gasteiger partial charge is 0.253 e. The first kappa shape index (κ1) is 18.8. The molecule has 142 valence electrons. The maximum absolute atomic E-state index is 12.2. The minimum atomic E-state index is -0.576. The number of primary amides is 1. The predicted molar refractivity (Wildman–Crippen MR) is 104 cm³/mol. The van der Waals surface area contributed by atoms with Gasteiger partial charge in [0.2, 0.25) is 5.91 Å². The maximum Gasteiger partial charge on any atom is 0.253 e. The number of aromatic nitrogens is 5. The Hall–Kier alpha value is -4.01. The van der Waals surface area contributed by atoms with Gasteiger partial charge in [0.25, 0.3) is 5.91 Å². The average molecular weight is 377 g/mol. The van der Waals surface area contributed by atoms with E-state index in [1.165, 1.54) is 11.1 Å². The molecule has 0 atom stereocenters. The Morgan fingerprint density at radius 3 is 2.43 bits per heavy atom. The number of carbonyl (C=O) groups excluding carboxylic acids is 2. The maximum atomic E-state index is 12.2. The number of hydrogen-bond donors (Lipinski definition) is 3. The second-order valence-corrected chi connectivity index (χ2v) is 5.92.